The van der Waals surface area contributed by atoms with E-state index >= 15 is 0 Å². The van der Waals surface area contributed by atoms with Crippen LogP contribution in [0.4, 0.5) is 0 Å². The van der Waals surface area contributed by atoms with Crippen molar-refractivity contribution in [1.29, 1.82) is 0 Å². The van der Waals surface area contributed by atoms with E-state index in [9.17, 15) is 0 Å². The van der Waals surface area contributed by atoms with Gasteiger partial charge in [-0.05, 0) is 24.3 Å². The fourth-order valence-electron chi connectivity index (χ4n) is 2.26. The highest BCUT2D eigenvalue weighted by Crippen LogP contribution is 2.12. The smallest absolute Gasteiger partial charge is 0.138 e. The Morgan fingerprint density at radius 2 is 2.53 bits per heavy atom. The summed E-state index contributed by atoms with van der Waals surface area (Å²) in [6.45, 7) is 2.01. The zero-order valence-corrected chi connectivity index (χ0v) is 10.5. The highest BCUT2D eigenvalue weighted by Gasteiger charge is 2.18. The summed E-state index contributed by atoms with van der Waals surface area (Å²) >= 11 is 1.83. The van der Waals surface area contributed by atoms with Gasteiger partial charge in [-0.15, -0.1) is 11.3 Å². The lowest BCUT2D eigenvalue weighted by atomic mass is 10.1. The molecule has 0 radical (unpaired) electrons. The van der Waals surface area contributed by atoms with E-state index in [0.717, 1.165) is 31.8 Å². The Bertz CT molecular complexity index is 463. The monoisotopic (exact) mass is 248 g/mol. The fraction of sp³-hybridized carbons (Fsp3) is 0.500. The van der Waals surface area contributed by atoms with Crippen LogP contribution in [-0.4, -0.2) is 27.4 Å². The molecule has 2 aromatic rings. The Labute approximate surface area is 105 Å². The molecule has 5 heteroatoms. The Morgan fingerprint density at radius 1 is 1.53 bits per heavy atom. The third-order valence-electron chi connectivity index (χ3n) is 3.19. The van der Waals surface area contributed by atoms with Gasteiger partial charge in [0.25, 0.3) is 0 Å². The number of thiophene rings is 1. The molecule has 1 aliphatic heterocycles. The highest BCUT2D eigenvalue weighted by atomic mass is 32.1. The summed E-state index contributed by atoms with van der Waals surface area (Å²) in [5.74, 6) is 1.13. The number of hydrogen-bond acceptors (Lipinski definition) is 4. The first-order valence-corrected chi connectivity index (χ1v) is 6.92. The van der Waals surface area contributed by atoms with Crippen molar-refractivity contribution in [3.05, 3.63) is 34.5 Å². The van der Waals surface area contributed by atoms with Crippen LogP contribution in [0.5, 0.6) is 0 Å². The summed E-state index contributed by atoms with van der Waals surface area (Å²) in [6, 6.07) is 4.86. The summed E-state index contributed by atoms with van der Waals surface area (Å²) < 4.78 is 2.02. The van der Waals surface area contributed by atoms with Crippen molar-refractivity contribution < 1.29 is 0 Å². The predicted octanol–water partition coefficient (Wildman–Crippen LogP) is 1.49. The maximum absolute atomic E-state index is 4.24. The molecule has 0 saturated carbocycles. The van der Waals surface area contributed by atoms with E-state index in [1.54, 1.807) is 6.33 Å². The van der Waals surface area contributed by atoms with Crippen LogP contribution >= 0.6 is 11.3 Å². The number of nitrogens with one attached hydrogen (secondary N) is 1. The first-order chi connectivity index (χ1) is 8.42. The summed E-state index contributed by atoms with van der Waals surface area (Å²) in [7, 11) is 0. The summed E-state index contributed by atoms with van der Waals surface area (Å²) in [6.07, 6.45) is 4.99. The molecule has 1 N–H and O–H groups in total. The van der Waals surface area contributed by atoms with E-state index < -0.39 is 0 Å². The SMILES string of the molecule is c1csc(CCN[C@@H]2CCc3ncnn3C2)c1. The van der Waals surface area contributed by atoms with Gasteiger partial charge in [0.15, 0.2) is 0 Å². The van der Waals surface area contributed by atoms with Crippen molar-refractivity contribution in [3.63, 3.8) is 0 Å². The number of aryl methyl sites for hydroxylation is 1. The van der Waals surface area contributed by atoms with E-state index in [2.05, 4.69) is 32.9 Å². The number of rotatable bonds is 4. The molecular weight excluding hydrogens is 232 g/mol. The second kappa shape index (κ2) is 4.98. The number of hydrogen-bond donors (Lipinski definition) is 1. The Hall–Kier alpha value is -1.20. The summed E-state index contributed by atoms with van der Waals surface area (Å²) in [5.41, 5.74) is 0. The minimum Gasteiger partial charge on any atom is -0.312 e. The van der Waals surface area contributed by atoms with Crippen LogP contribution in [0.1, 0.15) is 17.1 Å². The molecule has 17 heavy (non-hydrogen) atoms. The normalized spacial score (nSPS) is 19.2. The first kappa shape index (κ1) is 10.9. The molecule has 0 fully saturated rings. The zero-order valence-electron chi connectivity index (χ0n) is 9.67. The van der Waals surface area contributed by atoms with E-state index in [1.807, 2.05) is 16.0 Å². The predicted molar refractivity (Wildman–Crippen MR) is 68.2 cm³/mol. The summed E-state index contributed by atoms with van der Waals surface area (Å²) in [5, 5.41) is 9.98. The second-order valence-corrected chi connectivity index (χ2v) is 5.41. The van der Waals surface area contributed by atoms with E-state index in [0.29, 0.717) is 6.04 Å². The molecule has 0 aliphatic carbocycles. The van der Waals surface area contributed by atoms with Crippen LogP contribution in [0.3, 0.4) is 0 Å². The van der Waals surface area contributed by atoms with Crippen molar-refractivity contribution in [2.24, 2.45) is 0 Å². The van der Waals surface area contributed by atoms with Crippen LogP contribution < -0.4 is 5.32 Å². The molecule has 90 valence electrons. The lowest BCUT2D eigenvalue weighted by Gasteiger charge is -2.23. The van der Waals surface area contributed by atoms with Gasteiger partial charge in [0, 0.05) is 23.9 Å². The zero-order chi connectivity index (χ0) is 11.5. The van der Waals surface area contributed by atoms with Gasteiger partial charge in [-0.2, -0.15) is 5.10 Å². The first-order valence-electron chi connectivity index (χ1n) is 6.04. The molecule has 1 atom stereocenters. The van der Waals surface area contributed by atoms with Crippen LogP contribution in [0.15, 0.2) is 23.8 Å². The van der Waals surface area contributed by atoms with Crippen LogP contribution in [0.2, 0.25) is 0 Å². The van der Waals surface area contributed by atoms with Crippen molar-refractivity contribution >= 4 is 11.3 Å². The van der Waals surface area contributed by atoms with Gasteiger partial charge in [0.05, 0.1) is 6.54 Å². The van der Waals surface area contributed by atoms with Gasteiger partial charge >= 0.3 is 0 Å². The fourth-order valence-corrected chi connectivity index (χ4v) is 2.97. The lowest BCUT2D eigenvalue weighted by molar-refractivity contribution is 0.361. The summed E-state index contributed by atoms with van der Waals surface area (Å²) in [4.78, 5) is 5.69. The van der Waals surface area contributed by atoms with Crippen LogP contribution in [0, 0.1) is 0 Å². The van der Waals surface area contributed by atoms with Gasteiger partial charge in [0.1, 0.15) is 12.2 Å². The van der Waals surface area contributed by atoms with Gasteiger partial charge in [-0.3, -0.25) is 0 Å². The third-order valence-corrected chi connectivity index (χ3v) is 4.13. The second-order valence-electron chi connectivity index (χ2n) is 4.38. The molecule has 3 heterocycles. The average Bonchev–Trinajstić information content (AvgIpc) is 2.98. The van der Waals surface area contributed by atoms with Gasteiger partial charge in [0.2, 0.25) is 0 Å². The van der Waals surface area contributed by atoms with Crippen molar-refractivity contribution in [2.75, 3.05) is 6.54 Å². The lowest BCUT2D eigenvalue weighted by Crippen LogP contribution is -2.38. The minimum atomic E-state index is 0.546. The van der Waals surface area contributed by atoms with Crippen molar-refractivity contribution in [2.45, 2.75) is 31.8 Å². The van der Waals surface area contributed by atoms with E-state index in [-0.39, 0.29) is 0 Å². The molecule has 0 spiro atoms. The van der Waals surface area contributed by atoms with Crippen molar-refractivity contribution in [1.82, 2.24) is 20.1 Å². The molecule has 2 aromatic heterocycles. The molecule has 0 aromatic carbocycles. The average molecular weight is 248 g/mol. The van der Waals surface area contributed by atoms with Crippen LogP contribution in [-0.2, 0) is 19.4 Å². The Kier molecular flexibility index (Phi) is 3.20. The van der Waals surface area contributed by atoms with Gasteiger partial charge in [-0.25, -0.2) is 9.67 Å². The topological polar surface area (TPSA) is 42.7 Å². The van der Waals surface area contributed by atoms with Gasteiger partial charge < -0.3 is 5.32 Å². The van der Waals surface area contributed by atoms with Crippen LogP contribution in [0.25, 0.3) is 0 Å². The van der Waals surface area contributed by atoms with E-state index in [4.69, 9.17) is 0 Å². The van der Waals surface area contributed by atoms with Gasteiger partial charge in [-0.1, -0.05) is 6.07 Å². The van der Waals surface area contributed by atoms with E-state index in [1.165, 1.54) is 11.3 Å². The molecule has 3 rings (SSSR count). The van der Waals surface area contributed by atoms with Crippen molar-refractivity contribution in [3.8, 4) is 0 Å². The maximum atomic E-state index is 4.24. The molecular formula is C12H16N4S. The molecule has 0 unspecified atom stereocenters. The number of fused-ring (bicyclic) bond motifs is 1. The standard InChI is InChI=1S/C12H16N4S/c1-2-11(17-7-1)5-6-13-10-3-4-12-14-9-15-16(12)8-10/h1-2,7,9-10,13H,3-6,8H2/t10-/m1/s1. The largest absolute Gasteiger partial charge is 0.312 e. The quantitative estimate of drug-likeness (QED) is 0.891. The highest BCUT2D eigenvalue weighted by molar-refractivity contribution is 7.09. The third kappa shape index (κ3) is 2.56. The Balaban J connectivity index is 1.48. The minimum absolute atomic E-state index is 0.546. The molecule has 4 nitrogen and oxygen atoms in total. The maximum Gasteiger partial charge on any atom is 0.138 e. The molecule has 0 amide bonds. The number of aromatic nitrogens is 3. The number of nitrogens with zero attached hydrogens (tertiary/aromatic N) is 3. The molecule has 0 saturated heterocycles. The molecule has 1 aliphatic rings. The Morgan fingerprint density at radius 3 is 3.41 bits per heavy atom. The molecule has 0 bridgehead atoms.